The minimum Gasteiger partial charge on any atom is -0.349 e. The standard InChI is InChI=1S/C23H23N3O2S/c27-21(24-19-11-5-7-15-6-1-2-8-17(15)19)14-29-23-25-20-10-4-3-9-18(20)22(28)26(23)16-12-13-16/h1-4,6,8-10,16,19H,5,7,11-14H2,(H,24,27)/t19-/m1/s1. The molecule has 1 fully saturated rings. The first-order chi connectivity index (χ1) is 14.2. The highest BCUT2D eigenvalue weighted by molar-refractivity contribution is 7.99. The highest BCUT2D eigenvalue weighted by Crippen LogP contribution is 2.37. The van der Waals surface area contributed by atoms with Crippen molar-refractivity contribution in [1.82, 2.24) is 14.9 Å². The summed E-state index contributed by atoms with van der Waals surface area (Å²) in [5.41, 5.74) is 3.26. The number of carbonyl (C=O) groups is 1. The maximum Gasteiger partial charge on any atom is 0.262 e. The Hall–Kier alpha value is -2.60. The van der Waals surface area contributed by atoms with Crippen molar-refractivity contribution in [2.45, 2.75) is 49.3 Å². The van der Waals surface area contributed by atoms with Crippen LogP contribution in [0.15, 0.2) is 58.5 Å². The molecule has 6 heteroatoms. The Kier molecular flexibility index (Phi) is 4.87. The molecule has 148 valence electrons. The van der Waals surface area contributed by atoms with Crippen molar-refractivity contribution in [1.29, 1.82) is 0 Å². The topological polar surface area (TPSA) is 64.0 Å². The summed E-state index contributed by atoms with van der Waals surface area (Å²) in [5.74, 6) is 0.248. The zero-order valence-electron chi connectivity index (χ0n) is 16.1. The molecule has 1 N–H and O–H groups in total. The Labute approximate surface area is 173 Å². The normalized spacial score (nSPS) is 18.4. The Bertz CT molecular complexity index is 1140. The van der Waals surface area contributed by atoms with E-state index in [0.29, 0.717) is 16.1 Å². The minimum atomic E-state index is -0.0125. The van der Waals surface area contributed by atoms with Crippen LogP contribution < -0.4 is 10.9 Å². The van der Waals surface area contributed by atoms with Gasteiger partial charge in [0.2, 0.25) is 5.91 Å². The summed E-state index contributed by atoms with van der Waals surface area (Å²) in [5, 5.41) is 4.48. The molecule has 2 aromatic carbocycles. The first-order valence-electron chi connectivity index (χ1n) is 10.2. The zero-order valence-corrected chi connectivity index (χ0v) is 17.0. The van der Waals surface area contributed by atoms with Crippen LogP contribution in [-0.2, 0) is 11.2 Å². The van der Waals surface area contributed by atoms with E-state index in [4.69, 9.17) is 4.98 Å². The smallest absolute Gasteiger partial charge is 0.262 e. The second-order valence-corrected chi connectivity index (χ2v) is 8.76. The highest BCUT2D eigenvalue weighted by Gasteiger charge is 2.29. The Morgan fingerprint density at radius 2 is 1.90 bits per heavy atom. The summed E-state index contributed by atoms with van der Waals surface area (Å²) in [6.07, 6.45) is 5.13. The molecular weight excluding hydrogens is 382 g/mol. The van der Waals surface area contributed by atoms with Gasteiger partial charge >= 0.3 is 0 Å². The number of carbonyl (C=O) groups excluding carboxylic acids is 1. The fourth-order valence-corrected chi connectivity index (χ4v) is 5.03. The lowest BCUT2D eigenvalue weighted by Gasteiger charge is -2.26. The fraction of sp³-hybridized carbons (Fsp3) is 0.348. The number of rotatable bonds is 5. The molecule has 29 heavy (non-hydrogen) atoms. The van der Waals surface area contributed by atoms with E-state index in [-0.39, 0.29) is 29.3 Å². The van der Waals surface area contributed by atoms with Gasteiger partial charge in [0.1, 0.15) is 0 Å². The molecule has 5 nitrogen and oxygen atoms in total. The van der Waals surface area contributed by atoms with E-state index in [1.165, 1.54) is 22.9 Å². The SMILES string of the molecule is O=C(CSc1nc2ccccc2c(=O)n1C1CC1)N[C@@H]1CCCc2ccccc21. The van der Waals surface area contributed by atoms with Crippen molar-refractivity contribution in [2.24, 2.45) is 0 Å². The van der Waals surface area contributed by atoms with E-state index in [1.54, 1.807) is 4.57 Å². The number of hydrogen-bond donors (Lipinski definition) is 1. The lowest BCUT2D eigenvalue weighted by Crippen LogP contribution is -2.32. The monoisotopic (exact) mass is 405 g/mol. The van der Waals surface area contributed by atoms with Crippen molar-refractivity contribution < 1.29 is 4.79 Å². The van der Waals surface area contributed by atoms with Crippen LogP contribution in [0, 0.1) is 0 Å². The second kappa shape index (κ2) is 7.67. The van der Waals surface area contributed by atoms with Gasteiger partial charge in [0.25, 0.3) is 5.56 Å². The molecule has 3 aromatic rings. The number of benzene rings is 2. The fourth-order valence-electron chi connectivity index (χ4n) is 4.15. The molecule has 1 aromatic heterocycles. The quantitative estimate of drug-likeness (QED) is 0.514. The van der Waals surface area contributed by atoms with Gasteiger partial charge in [-0.05, 0) is 55.4 Å². The van der Waals surface area contributed by atoms with E-state index in [1.807, 2.05) is 30.3 Å². The number of aryl methyl sites for hydroxylation is 1. The first kappa shape index (κ1) is 18.4. The Balaban J connectivity index is 1.34. The van der Waals surface area contributed by atoms with Gasteiger partial charge < -0.3 is 5.32 Å². The lowest BCUT2D eigenvalue weighted by molar-refractivity contribution is -0.119. The van der Waals surface area contributed by atoms with Crippen LogP contribution in [-0.4, -0.2) is 21.2 Å². The van der Waals surface area contributed by atoms with Gasteiger partial charge in [0.05, 0.1) is 22.7 Å². The summed E-state index contributed by atoms with van der Waals surface area (Å²) < 4.78 is 1.79. The van der Waals surface area contributed by atoms with E-state index < -0.39 is 0 Å². The molecule has 0 radical (unpaired) electrons. The minimum absolute atomic E-state index is 0.00205. The Morgan fingerprint density at radius 1 is 1.10 bits per heavy atom. The number of fused-ring (bicyclic) bond motifs is 2. The number of para-hydroxylation sites is 1. The number of nitrogens with one attached hydrogen (secondary N) is 1. The molecule has 0 bridgehead atoms. The van der Waals surface area contributed by atoms with E-state index in [2.05, 4.69) is 23.5 Å². The summed E-state index contributed by atoms with van der Waals surface area (Å²) in [4.78, 5) is 30.3. The van der Waals surface area contributed by atoms with Crippen molar-refractivity contribution in [2.75, 3.05) is 5.75 Å². The zero-order chi connectivity index (χ0) is 19.8. The van der Waals surface area contributed by atoms with Crippen molar-refractivity contribution >= 4 is 28.6 Å². The first-order valence-corrected chi connectivity index (χ1v) is 11.2. The summed E-state index contributed by atoms with van der Waals surface area (Å²) in [6, 6.07) is 16.1. The van der Waals surface area contributed by atoms with Gasteiger partial charge in [-0.3, -0.25) is 14.2 Å². The van der Waals surface area contributed by atoms with Crippen LogP contribution in [0.2, 0.25) is 0 Å². The molecule has 0 aliphatic heterocycles. The van der Waals surface area contributed by atoms with Crippen molar-refractivity contribution in [3.05, 3.63) is 70.0 Å². The molecule has 0 spiro atoms. The number of amides is 1. The average molecular weight is 406 g/mol. The van der Waals surface area contributed by atoms with Crippen LogP contribution in [0.4, 0.5) is 0 Å². The number of hydrogen-bond acceptors (Lipinski definition) is 4. The average Bonchev–Trinajstić information content (AvgIpc) is 3.58. The molecule has 5 rings (SSSR count). The summed E-state index contributed by atoms with van der Waals surface area (Å²) in [6.45, 7) is 0. The van der Waals surface area contributed by atoms with Crippen LogP contribution in [0.1, 0.15) is 48.9 Å². The van der Waals surface area contributed by atoms with Gasteiger partial charge in [-0.15, -0.1) is 0 Å². The van der Waals surface area contributed by atoms with Crippen LogP contribution in [0.25, 0.3) is 10.9 Å². The third-order valence-electron chi connectivity index (χ3n) is 5.72. The van der Waals surface area contributed by atoms with Crippen molar-refractivity contribution in [3.8, 4) is 0 Å². The van der Waals surface area contributed by atoms with E-state index in [9.17, 15) is 9.59 Å². The maximum atomic E-state index is 12.9. The maximum absolute atomic E-state index is 12.9. The molecule has 1 atom stereocenters. The molecule has 0 unspecified atom stereocenters. The second-order valence-electron chi connectivity index (χ2n) is 7.82. The van der Waals surface area contributed by atoms with Crippen molar-refractivity contribution in [3.63, 3.8) is 0 Å². The summed E-state index contributed by atoms with van der Waals surface area (Å²) >= 11 is 1.36. The van der Waals surface area contributed by atoms with Crippen LogP contribution in [0.5, 0.6) is 0 Å². The predicted octanol–water partition coefficient (Wildman–Crippen LogP) is 4.02. The van der Waals surface area contributed by atoms with Gasteiger partial charge in [-0.1, -0.05) is 48.2 Å². The highest BCUT2D eigenvalue weighted by atomic mass is 32.2. The summed E-state index contributed by atoms with van der Waals surface area (Å²) in [7, 11) is 0. The number of aromatic nitrogens is 2. The van der Waals surface area contributed by atoms with E-state index >= 15 is 0 Å². The van der Waals surface area contributed by atoms with Gasteiger partial charge in [0.15, 0.2) is 5.16 Å². The molecule has 1 heterocycles. The van der Waals surface area contributed by atoms with E-state index in [0.717, 1.165) is 32.1 Å². The molecule has 1 saturated carbocycles. The Morgan fingerprint density at radius 3 is 2.76 bits per heavy atom. The molecule has 2 aliphatic rings. The molecule has 0 saturated heterocycles. The number of nitrogens with zero attached hydrogens (tertiary/aromatic N) is 2. The van der Waals surface area contributed by atoms with Gasteiger partial charge in [0, 0.05) is 6.04 Å². The predicted molar refractivity (Wildman–Crippen MR) is 115 cm³/mol. The number of thioether (sulfide) groups is 1. The molecule has 2 aliphatic carbocycles. The van der Waals surface area contributed by atoms with Crippen LogP contribution >= 0.6 is 11.8 Å². The third kappa shape index (κ3) is 3.69. The van der Waals surface area contributed by atoms with Gasteiger partial charge in [-0.25, -0.2) is 4.98 Å². The third-order valence-corrected chi connectivity index (χ3v) is 6.68. The largest absolute Gasteiger partial charge is 0.349 e. The molecular formula is C23H23N3O2S. The lowest BCUT2D eigenvalue weighted by atomic mass is 9.88. The molecule has 1 amide bonds. The van der Waals surface area contributed by atoms with Crippen LogP contribution in [0.3, 0.4) is 0 Å². The van der Waals surface area contributed by atoms with Gasteiger partial charge in [-0.2, -0.15) is 0 Å².